The summed E-state index contributed by atoms with van der Waals surface area (Å²) in [7, 11) is 0. The van der Waals surface area contributed by atoms with Gasteiger partial charge in [0, 0.05) is 16.7 Å². The molecular formula is C12H14BrN3. The second kappa shape index (κ2) is 4.80. The molecule has 0 saturated heterocycles. The molecule has 0 saturated carbocycles. The van der Waals surface area contributed by atoms with E-state index in [0.717, 1.165) is 15.6 Å². The third kappa shape index (κ3) is 2.71. The Morgan fingerprint density at radius 2 is 2.06 bits per heavy atom. The predicted molar refractivity (Wildman–Crippen MR) is 68.0 cm³/mol. The molecule has 0 fully saturated rings. The Bertz CT molecular complexity index is 461. The van der Waals surface area contributed by atoms with Gasteiger partial charge in [-0.15, -0.1) is 0 Å². The monoisotopic (exact) mass is 279 g/mol. The van der Waals surface area contributed by atoms with E-state index in [0.29, 0.717) is 6.54 Å². The van der Waals surface area contributed by atoms with Crippen LogP contribution in [0.5, 0.6) is 0 Å². The number of nitrogens with zero attached hydrogens (tertiary/aromatic N) is 2. The van der Waals surface area contributed by atoms with Crippen LogP contribution < -0.4 is 5.73 Å². The Hall–Kier alpha value is -1.13. The van der Waals surface area contributed by atoms with Gasteiger partial charge in [0.15, 0.2) is 0 Å². The molecule has 2 aromatic rings. The number of benzene rings is 1. The molecule has 0 radical (unpaired) electrons. The van der Waals surface area contributed by atoms with Crippen molar-refractivity contribution in [3.63, 3.8) is 0 Å². The molecule has 3 nitrogen and oxygen atoms in total. The highest BCUT2D eigenvalue weighted by molar-refractivity contribution is 9.10. The zero-order valence-electron chi connectivity index (χ0n) is 9.10. The molecule has 4 heteroatoms. The minimum absolute atomic E-state index is 0.0209. The summed E-state index contributed by atoms with van der Waals surface area (Å²) in [5.41, 5.74) is 8.39. The molecule has 84 valence electrons. The van der Waals surface area contributed by atoms with Crippen LogP contribution in [-0.4, -0.2) is 9.78 Å². The molecule has 1 atom stereocenters. The first-order chi connectivity index (χ1) is 7.65. The second-order valence-corrected chi connectivity index (χ2v) is 4.81. The van der Waals surface area contributed by atoms with Gasteiger partial charge in [-0.1, -0.05) is 28.1 Å². The average molecular weight is 280 g/mol. The summed E-state index contributed by atoms with van der Waals surface area (Å²) in [5.74, 6) is 0. The summed E-state index contributed by atoms with van der Waals surface area (Å²) >= 11 is 3.41. The summed E-state index contributed by atoms with van der Waals surface area (Å²) in [6.07, 6.45) is 3.84. The van der Waals surface area contributed by atoms with Gasteiger partial charge in [-0.3, -0.25) is 4.68 Å². The molecule has 0 aliphatic rings. The third-order valence-corrected chi connectivity index (χ3v) is 2.97. The van der Waals surface area contributed by atoms with Gasteiger partial charge < -0.3 is 5.73 Å². The van der Waals surface area contributed by atoms with Gasteiger partial charge in [0.25, 0.3) is 0 Å². The Balaban J connectivity index is 2.08. The number of aryl methyl sites for hydroxylation is 1. The minimum atomic E-state index is -0.0209. The van der Waals surface area contributed by atoms with Gasteiger partial charge in [0.2, 0.25) is 0 Å². The van der Waals surface area contributed by atoms with Crippen LogP contribution in [0.1, 0.15) is 17.2 Å². The minimum Gasteiger partial charge on any atom is -0.322 e. The molecule has 0 bridgehead atoms. The molecule has 0 amide bonds. The molecule has 0 spiro atoms. The maximum Gasteiger partial charge on any atom is 0.0602 e. The lowest BCUT2D eigenvalue weighted by molar-refractivity contribution is 0.527. The van der Waals surface area contributed by atoms with E-state index in [4.69, 9.17) is 5.73 Å². The predicted octanol–water partition coefficient (Wildman–Crippen LogP) is 2.65. The van der Waals surface area contributed by atoms with Gasteiger partial charge in [-0.25, -0.2) is 0 Å². The first kappa shape index (κ1) is 11.4. The molecular weight excluding hydrogens is 266 g/mol. The molecule has 1 unspecified atom stereocenters. The van der Waals surface area contributed by atoms with E-state index in [1.165, 1.54) is 0 Å². The fraction of sp³-hybridized carbons (Fsp3) is 0.250. The van der Waals surface area contributed by atoms with Crippen LogP contribution in [0.25, 0.3) is 0 Å². The standard InChI is InChI=1S/C12H14BrN3/c1-9-6-15-16(7-9)8-12(14)10-2-4-11(13)5-3-10/h2-7,12H,8,14H2,1H3. The van der Waals surface area contributed by atoms with Crippen molar-refractivity contribution in [2.45, 2.75) is 19.5 Å². The van der Waals surface area contributed by atoms with Gasteiger partial charge in [-0.05, 0) is 30.2 Å². The lowest BCUT2D eigenvalue weighted by Gasteiger charge is -2.12. The highest BCUT2D eigenvalue weighted by Crippen LogP contribution is 2.16. The van der Waals surface area contributed by atoms with E-state index in [9.17, 15) is 0 Å². The topological polar surface area (TPSA) is 43.8 Å². The van der Waals surface area contributed by atoms with Crippen LogP contribution in [0.15, 0.2) is 41.1 Å². The summed E-state index contributed by atoms with van der Waals surface area (Å²) in [4.78, 5) is 0. The van der Waals surface area contributed by atoms with Gasteiger partial charge in [0.05, 0.1) is 12.7 Å². The Labute approximate surface area is 103 Å². The van der Waals surface area contributed by atoms with E-state index >= 15 is 0 Å². The summed E-state index contributed by atoms with van der Waals surface area (Å²) in [6.45, 7) is 2.73. The van der Waals surface area contributed by atoms with Crippen LogP contribution in [-0.2, 0) is 6.54 Å². The zero-order chi connectivity index (χ0) is 11.5. The zero-order valence-corrected chi connectivity index (χ0v) is 10.7. The van der Waals surface area contributed by atoms with Crippen molar-refractivity contribution in [3.8, 4) is 0 Å². The van der Waals surface area contributed by atoms with Gasteiger partial charge in [0.1, 0.15) is 0 Å². The van der Waals surface area contributed by atoms with Crippen molar-refractivity contribution in [1.82, 2.24) is 9.78 Å². The van der Waals surface area contributed by atoms with Crippen molar-refractivity contribution in [2.75, 3.05) is 0 Å². The van der Waals surface area contributed by atoms with Crippen LogP contribution in [0.4, 0.5) is 0 Å². The number of halogens is 1. The van der Waals surface area contributed by atoms with Gasteiger partial charge in [-0.2, -0.15) is 5.10 Å². The molecule has 1 heterocycles. The van der Waals surface area contributed by atoms with Crippen LogP contribution >= 0.6 is 15.9 Å². The molecule has 1 aromatic carbocycles. The quantitative estimate of drug-likeness (QED) is 0.939. The number of rotatable bonds is 3. The molecule has 0 aliphatic heterocycles. The van der Waals surface area contributed by atoms with E-state index in [-0.39, 0.29) is 6.04 Å². The van der Waals surface area contributed by atoms with Crippen molar-refractivity contribution < 1.29 is 0 Å². The number of hydrogen-bond donors (Lipinski definition) is 1. The average Bonchev–Trinajstić information content (AvgIpc) is 2.65. The maximum absolute atomic E-state index is 6.11. The van der Waals surface area contributed by atoms with Crippen molar-refractivity contribution >= 4 is 15.9 Å². The fourth-order valence-corrected chi connectivity index (χ4v) is 1.85. The number of nitrogens with two attached hydrogens (primary N) is 1. The van der Waals surface area contributed by atoms with Crippen molar-refractivity contribution in [2.24, 2.45) is 5.73 Å². The first-order valence-electron chi connectivity index (χ1n) is 5.15. The Morgan fingerprint density at radius 1 is 1.38 bits per heavy atom. The van der Waals surface area contributed by atoms with E-state index in [2.05, 4.69) is 21.0 Å². The van der Waals surface area contributed by atoms with E-state index in [1.54, 1.807) is 0 Å². The number of aromatic nitrogens is 2. The summed E-state index contributed by atoms with van der Waals surface area (Å²) in [5, 5.41) is 4.23. The highest BCUT2D eigenvalue weighted by Gasteiger charge is 2.07. The smallest absolute Gasteiger partial charge is 0.0602 e. The summed E-state index contributed by atoms with van der Waals surface area (Å²) < 4.78 is 2.94. The van der Waals surface area contributed by atoms with Crippen LogP contribution in [0, 0.1) is 6.92 Å². The molecule has 2 N–H and O–H groups in total. The van der Waals surface area contributed by atoms with Crippen LogP contribution in [0.2, 0.25) is 0 Å². The van der Waals surface area contributed by atoms with Crippen molar-refractivity contribution in [3.05, 3.63) is 52.3 Å². The molecule has 1 aromatic heterocycles. The SMILES string of the molecule is Cc1cnn(CC(N)c2ccc(Br)cc2)c1. The normalized spacial score (nSPS) is 12.7. The van der Waals surface area contributed by atoms with Crippen LogP contribution in [0.3, 0.4) is 0 Å². The lowest BCUT2D eigenvalue weighted by atomic mass is 10.1. The molecule has 2 rings (SSSR count). The van der Waals surface area contributed by atoms with E-state index in [1.807, 2.05) is 48.3 Å². The largest absolute Gasteiger partial charge is 0.322 e. The number of hydrogen-bond acceptors (Lipinski definition) is 2. The van der Waals surface area contributed by atoms with E-state index < -0.39 is 0 Å². The Morgan fingerprint density at radius 3 is 2.62 bits per heavy atom. The van der Waals surface area contributed by atoms with Crippen molar-refractivity contribution in [1.29, 1.82) is 0 Å². The molecule has 16 heavy (non-hydrogen) atoms. The first-order valence-corrected chi connectivity index (χ1v) is 5.94. The summed E-state index contributed by atoms with van der Waals surface area (Å²) in [6, 6.07) is 8.05. The van der Waals surface area contributed by atoms with Gasteiger partial charge >= 0.3 is 0 Å². The maximum atomic E-state index is 6.11. The third-order valence-electron chi connectivity index (χ3n) is 2.44. The second-order valence-electron chi connectivity index (χ2n) is 3.90. The highest BCUT2D eigenvalue weighted by atomic mass is 79.9. The molecule has 0 aliphatic carbocycles. The Kier molecular flexibility index (Phi) is 3.41. The fourth-order valence-electron chi connectivity index (χ4n) is 1.58. The lowest BCUT2D eigenvalue weighted by Crippen LogP contribution is -2.17.